The highest BCUT2D eigenvalue weighted by atomic mass is 15.1. The molecule has 0 bridgehead atoms. The summed E-state index contributed by atoms with van der Waals surface area (Å²) in [5, 5.41) is 3.32. The van der Waals surface area contributed by atoms with Gasteiger partial charge in [-0.25, -0.2) is 9.97 Å². The molecule has 3 N–H and O–H groups in total. The molecule has 0 aliphatic heterocycles. The molecule has 0 radical (unpaired) electrons. The van der Waals surface area contributed by atoms with Crippen molar-refractivity contribution in [1.29, 1.82) is 0 Å². The van der Waals surface area contributed by atoms with E-state index in [-0.39, 0.29) is 0 Å². The second-order valence-corrected chi connectivity index (χ2v) is 4.26. The van der Waals surface area contributed by atoms with Gasteiger partial charge >= 0.3 is 0 Å². The number of anilines is 2. The van der Waals surface area contributed by atoms with Gasteiger partial charge in [0.2, 0.25) is 0 Å². The summed E-state index contributed by atoms with van der Waals surface area (Å²) >= 11 is 0. The summed E-state index contributed by atoms with van der Waals surface area (Å²) in [6.45, 7) is 4.28. The zero-order valence-corrected chi connectivity index (χ0v) is 9.33. The predicted octanol–water partition coefficient (Wildman–Crippen LogP) is 2.15. The lowest BCUT2D eigenvalue weighted by atomic mass is 10.2. The number of rotatable bonds is 4. The summed E-state index contributed by atoms with van der Waals surface area (Å²) in [6, 6.07) is 2.23. The summed E-state index contributed by atoms with van der Waals surface area (Å²) in [5.74, 6) is 2.88. The van der Waals surface area contributed by atoms with Gasteiger partial charge in [-0.3, -0.25) is 0 Å². The van der Waals surface area contributed by atoms with Crippen LogP contribution in [0.2, 0.25) is 0 Å². The van der Waals surface area contributed by atoms with E-state index < -0.39 is 0 Å². The molecule has 4 heteroatoms. The normalized spacial score (nSPS) is 17.5. The largest absolute Gasteiger partial charge is 0.384 e. The third-order valence-electron chi connectivity index (χ3n) is 2.71. The molecular weight excluding hydrogens is 188 g/mol. The van der Waals surface area contributed by atoms with E-state index in [0.717, 1.165) is 18.1 Å². The van der Waals surface area contributed by atoms with Crippen molar-refractivity contribution in [3.05, 3.63) is 11.9 Å². The fourth-order valence-electron chi connectivity index (χ4n) is 1.44. The maximum absolute atomic E-state index is 5.75. The van der Waals surface area contributed by atoms with Gasteiger partial charge in [-0.05, 0) is 26.2 Å². The van der Waals surface area contributed by atoms with E-state index in [4.69, 9.17) is 5.73 Å². The molecule has 1 saturated carbocycles. The Bertz CT molecular complexity index is 346. The number of nitrogen functional groups attached to an aromatic ring is 1. The molecular formula is C11H18N4. The number of hydrogen-bond donors (Lipinski definition) is 2. The van der Waals surface area contributed by atoms with Gasteiger partial charge in [-0.15, -0.1) is 0 Å². The number of nitrogens with one attached hydrogen (secondary N) is 1. The van der Waals surface area contributed by atoms with Gasteiger partial charge in [0.05, 0.1) is 0 Å². The molecule has 2 rings (SSSR count). The highest BCUT2D eigenvalue weighted by Crippen LogP contribution is 2.38. The highest BCUT2D eigenvalue weighted by molar-refractivity contribution is 5.45. The van der Waals surface area contributed by atoms with Crippen LogP contribution in [0.3, 0.4) is 0 Å². The molecule has 4 nitrogen and oxygen atoms in total. The first kappa shape index (κ1) is 10.2. The van der Waals surface area contributed by atoms with Crippen molar-refractivity contribution in [2.75, 3.05) is 11.1 Å². The zero-order valence-electron chi connectivity index (χ0n) is 9.33. The van der Waals surface area contributed by atoms with Crippen molar-refractivity contribution in [2.45, 2.75) is 45.1 Å². The SMILES string of the molecule is CC[C@H](C)Nc1cc(N)nc(C2CC2)n1. The van der Waals surface area contributed by atoms with Crippen molar-refractivity contribution in [3.8, 4) is 0 Å². The third-order valence-corrected chi connectivity index (χ3v) is 2.71. The van der Waals surface area contributed by atoms with E-state index in [1.54, 1.807) is 6.07 Å². The van der Waals surface area contributed by atoms with Gasteiger partial charge in [-0.1, -0.05) is 6.92 Å². The number of nitrogens with zero attached hydrogens (tertiary/aromatic N) is 2. The molecule has 1 fully saturated rings. The average molecular weight is 206 g/mol. The van der Waals surface area contributed by atoms with Crippen LogP contribution in [0.4, 0.5) is 11.6 Å². The lowest BCUT2D eigenvalue weighted by molar-refractivity contribution is 0.755. The van der Waals surface area contributed by atoms with Gasteiger partial charge in [0.15, 0.2) is 0 Å². The highest BCUT2D eigenvalue weighted by Gasteiger charge is 2.27. The summed E-state index contributed by atoms with van der Waals surface area (Å²) in [7, 11) is 0. The Kier molecular flexibility index (Phi) is 2.75. The van der Waals surface area contributed by atoms with Crippen LogP contribution < -0.4 is 11.1 Å². The van der Waals surface area contributed by atoms with Gasteiger partial charge in [-0.2, -0.15) is 0 Å². The quantitative estimate of drug-likeness (QED) is 0.792. The number of nitrogens with two attached hydrogens (primary N) is 1. The Labute approximate surface area is 90.3 Å². The first-order valence-electron chi connectivity index (χ1n) is 5.60. The van der Waals surface area contributed by atoms with Crippen LogP contribution in [0.15, 0.2) is 6.07 Å². The zero-order chi connectivity index (χ0) is 10.8. The Morgan fingerprint density at radius 1 is 1.53 bits per heavy atom. The van der Waals surface area contributed by atoms with Crippen molar-refractivity contribution in [3.63, 3.8) is 0 Å². The molecule has 1 heterocycles. The molecule has 0 unspecified atom stereocenters. The molecule has 0 aromatic carbocycles. The van der Waals surface area contributed by atoms with E-state index in [2.05, 4.69) is 29.1 Å². The topological polar surface area (TPSA) is 63.8 Å². The van der Waals surface area contributed by atoms with Gasteiger partial charge in [0.1, 0.15) is 17.5 Å². The monoisotopic (exact) mass is 206 g/mol. The van der Waals surface area contributed by atoms with Gasteiger partial charge < -0.3 is 11.1 Å². The Balaban J connectivity index is 2.15. The van der Waals surface area contributed by atoms with Crippen molar-refractivity contribution < 1.29 is 0 Å². The summed E-state index contributed by atoms with van der Waals surface area (Å²) in [6.07, 6.45) is 3.47. The minimum atomic E-state index is 0.423. The molecule has 15 heavy (non-hydrogen) atoms. The maximum atomic E-state index is 5.75. The second-order valence-electron chi connectivity index (χ2n) is 4.26. The predicted molar refractivity (Wildman–Crippen MR) is 61.8 cm³/mol. The Morgan fingerprint density at radius 2 is 2.27 bits per heavy atom. The van der Waals surface area contributed by atoms with Gasteiger partial charge in [0.25, 0.3) is 0 Å². The van der Waals surface area contributed by atoms with E-state index in [9.17, 15) is 0 Å². The Morgan fingerprint density at radius 3 is 2.87 bits per heavy atom. The fraction of sp³-hybridized carbons (Fsp3) is 0.636. The lowest BCUT2D eigenvalue weighted by Gasteiger charge is -2.13. The first-order chi connectivity index (χ1) is 7.19. The smallest absolute Gasteiger partial charge is 0.136 e. The molecule has 0 spiro atoms. The molecule has 0 amide bonds. The maximum Gasteiger partial charge on any atom is 0.136 e. The van der Waals surface area contributed by atoms with Crippen molar-refractivity contribution >= 4 is 11.6 Å². The number of hydrogen-bond acceptors (Lipinski definition) is 4. The molecule has 1 aliphatic rings. The average Bonchev–Trinajstić information content (AvgIpc) is 2.99. The van der Waals surface area contributed by atoms with E-state index in [1.807, 2.05) is 0 Å². The minimum Gasteiger partial charge on any atom is -0.384 e. The van der Waals surface area contributed by atoms with Crippen LogP contribution >= 0.6 is 0 Å². The van der Waals surface area contributed by atoms with E-state index in [1.165, 1.54) is 12.8 Å². The van der Waals surface area contributed by atoms with Crippen LogP contribution in [0.25, 0.3) is 0 Å². The molecule has 82 valence electrons. The summed E-state index contributed by atoms with van der Waals surface area (Å²) < 4.78 is 0. The van der Waals surface area contributed by atoms with Crippen LogP contribution in [-0.2, 0) is 0 Å². The van der Waals surface area contributed by atoms with E-state index >= 15 is 0 Å². The molecule has 1 aromatic heterocycles. The van der Waals surface area contributed by atoms with Crippen LogP contribution in [0.1, 0.15) is 44.9 Å². The minimum absolute atomic E-state index is 0.423. The third kappa shape index (κ3) is 2.58. The van der Waals surface area contributed by atoms with Gasteiger partial charge in [0, 0.05) is 18.0 Å². The molecule has 1 atom stereocenters. The van der Waals surface area contributed by atoms with Crippen molar-refractivity contribution in [1.82, 2.24) is 9.97 Å². The summed E-state index contributed by atoms with van der Waals surface area (Å²) in [4.78, 5) is 8.74. The Hall–Kier alpha value is -1.32. The lowest BCUT2D eigenvalue weighted by Crippen LogP contribution is -2.15. The first-order valence-corrected chi connectivity index (χ1v) is 5.60. The van der Waals surface area contributed by atoms with Crippen molar-refractivity contribution in [2.24, 2.45) is 0 Å². The second kappa shape index (κ2) is 4.04. The van der Waals surface area contributed by atoms with Crippen LogP contribution in [-0.4, -0.2) is 16.0 Å². The standard InChI is InChI=1S/C11H18N4/c1-3-7(2)13-10-6-9(12)14-11(15-10)8-4-5-8/h6-8H,3-5H2,1-2H3,(H3,12,13,14,15)/t7-/m0/s1. The fourth-order valence-corrected chi connectivity index (χ4v) is 1.44. The molecule has 0 saturated heterocycles. The summed E-state index contributed by atoms with van der Waals surface area (Å²) in [5.41, 5.74) is 5.75. The number of aromatic nitrogens is 2. The van der Waals surface area contributed by atoms with Crippen LogP contribution in [0, 0.1) is 0 Å². The molecule has 1 aliphatic carbocycles. The van der Waals surface area contributed by atoms with E-state index in [0.29, 0.717) is 17.8 Å². The molecule has 1 aromatic rings. The van der Waals surface area contributed by atoms with Crippen LogP contribution in [0.5, 0.6) is 0 Å².